The molecule has 2 amide bonds. The molecule has 0 spiro atoms. The second kappa shape index (κ2) is 8.06. The van der Waals surface area contributed by atoms with Gasteiger partial charge in [-0.3, -0.25) is 0 Å². The van der Waals surface area contributed by atoms with Gasteiger partial charge in [-0.1, -0.05) is 35.1 Å². The minimum atomic E-state index is -0.0496. The van der Waals surface area contributed by atoms with E-state index in [0.29, 0.717) is 19.7 Å². The van der Waals surface area contributed by atoms with Crippen molar-refractivity contribution in [2.75, 3.05) is 43.0 Å². The fraction of sp³-hybridized carbons (Fsp3) is 0.333. The van der Waals surface area contributed by atoms with E-state index >= 15 is 0 Å². The lowest BCUT2D eigenvalue weighted by molar-refractivity contribution is 0.208. The molecule has 28 heavy (non-hydrogen) atoms. The molecule has 4 rings (SSSR count). The van der Waals surface area contributed by atoms with E-state index in [4.69, 9.17) is 9.72 Å². The summed E-state index contributed by atoms with van der Waals surface area (Å²) in [6.45, 7) is 7.52. The maximum absolute atomic E-state index is 12.5. The topological polar surface area (TPSA) is 57.7 Å². The molecule has 0 atom stereocenters. The van der Waals surface area contributed by atoms with Gasteiger partial charge >= 0.3 is 6.03 Å². The van der Waals surface area contributed by atoms with Crippen LogP contribution in [0, 0.1) is 6.92 Å². The van der Waals surface area contributed by atoms with Gasteiger partial charge in [0, 0.05) is 31.9 Å². The van der Waals surface area contributed by atoms with E-state index in [9.17, 15) is 4.79 Å². The van der Waals surface area contributed by atoms with Crippen LogP contribution in [-0.2, 0) is 0 Å². The first kappa shape index (κ1) is 18.6. The van der Waals surface area contributed by atoms with Crippen LogP contribution in [0.25, 0.3) is 10.2 Å². The summed E-state index contributed by atoms with van der Waals surface area (Å²) >= 11 is 1.67. The van der Waals surface area contributed by atoms with Gasteiger partial charge in [-0.05, 0) is 38.1 Å². The molecule has 0 unspecified atom stereocenters. The zero-order chi connectivity index (χ0) is 19.5. The van der Waals surface area contributed by atoms with Crippen molar-refractivity contribution in [3.63, 3.8) is 0 Å². The van der Waals surface area contributed by atoms with Gasteiger partial charge in [0.2, 0.25) is 0 Å². The Bertz CT molecular complexity index is 962. The predicted octanol–water partition coefficient (Wildman–Crippen LogP) is 4.36. The lowest BCUT2D eigenvalue weighted by Gasteiger charge is -2.34. The number of amides is 2. The summed E-state index contributed by atoms with van der Waals surface area (Å²) in [6, 6.07) is 13.8. The second-order valence-electron chi connectivity index (χ2n) is 6.80. The molecule has 7 heteroatoms. The molecule has 1 saturated heterocycles. The third kappa shape index (κ3) is 3.89. The standard InChI is InChI=1S/C21H24N4O2S/c1-3-27-17-5-4-6-18-19(17)23-21(28-18)25-13-11-24(12-14-25)20(26)22-16-9-7-15(2)8-10-16/h4-10H,3,11-14H2,1-2H3,(H,22,26). The second-order valence-corrected chi connectivity index (χ2v) is 7.81. The molecule has 2 aromatic carbocycles. The molecule has 0 radical (unpaired) electrons. The minimum Gasteiger partial charge on any atom is -0.492 e. The summed E-state index contributed by atoms with van der Waals surface area (Å²) in [5, 5.41) is 3.96. The van der Waals surface area contributed by atoms with Gasteiger partial charge < -0.3 is 19.9 Å². The quantitative estimate of drug-likeness (QED) is 0.712. The Kier molecular flexibility index (Phi) is 5.34. The van der Waals surface area contributed by atoms with Crippen molar-refractivity contribution in [1.29, 1.82) is 0 Å². The summed E-state index contributed by atoms with van der Waals surface area (Å²) in [5.74, 6) is 0.832. The van der Waals surface area contributed by atoms with Gasteiger partial charge in [-0.25, -0.2) is 9.78 Å². The molecule has 1 aromatic heterocycles. The average Bonchev–Trinajstić information content (AvgIpc) is 3.15. The van der Waals surface area contributed by atoms with Crippen molar-refractivity contribution in [2.24, 2.45) is 0 Å². The number of para-hydroxylation sites is 1. The highest BCUT2D eigenvalue weighted by Crippen LogP contribution is 2.34. The van der Waals surface area contributed by atoms with E-state index in [1.165, 1.54) is 5.56 Å². The lowest BCUT2D eigenvalue weighted by atomic mass is 10.2. The Balaban J connectivity index is 1.40. The van der Waals surface area contributed by atoms with Gasteiger partial charge in [-0.15, -0.1) is 0 Å². The van der Waals surface area contributed by atoms with Crippen LogP contribution in [0.3, 0.4) is 0 Å². The van der Waals surface area contributed by atoms with Crippen LogP contribution in [0.1, 0.15) is 12.5 Å². The molecule has 3 aromatic rings. The van der Waals surface area contributed by atoms with E-state index in [0.717, 1.165) is 39.9 Å². The normalized spacial score (nSPS) is 14.4. The number of anilines is 2. The van der Waals surface area contributed by atoms with Crippen LogP contribution in [0.5, 0.6) is 5.75 Å². The number of carbonyl (C=O) groups excluding carboxylic acids is 1. The third-order valence-electron chi connectivity index (χ3n) is 4.81. The Morgan fingerprint density at radius 1 is 1.14 bits per heavy atom. The lowest BCUT2D eigenvalue weighted by Crippen LogP contribution is -2.50. The molecule has 146 valence electrons. The van der Waals surface area contributed by atoms with Crippen LogP contribution < -0.4 is 15.0 Å². The first-order chi connectivity index (χ1) is 13.6. The van der Waals surface area contributed by atoms with Crippen LogP contribution in [0.2, 0.25) is 0 Å². The van der Waals surface area contributed by atoms with Gasteiger partial charge in [0.25, 0.3) is 0 Å². The number of rotatable bonds is 4. The number of ether oxygens (including phenoxy) is 1. The first-order valence-corrected chi connectivity index (χ1v) is 10.4. The Morgan fingerprint density at radius 2 is 1.89 bits per heavy atom. The molecule has 0 saturated carbocycles. The molecule has 1 aliphatic heterocycles. The van der Waals surface area contributed by atoms with Crippen molar-refractivity contribution in [1.82, 2.24) is 9.88 Å². The largest absolute Gasteiger partial charge is 0.492 e. The first-order valence-electron chi connectivity index (χ1n) is 9.54. The van der Waals surface area contributed by atoms with Crippen LogP contribution in [-0.4, -0.2) is 48.7 Å². The molecule has 6 nitrogen and oxygen atoms in total. The molecular formula is C21H24N4O2S. The maximum Gasteiger partial charge on any atom is 0.321 e. The molecule has 2 heterocycles. The summed E-state index contributed by atoms with van der Waals surface area (Å²) in [7, 11) is 0. The molecule has 1 fully saturated rings. The molecule has 0 bridgehead atoms. The Labute approximate surface area is 168 Å². The zero-order valence-electron chi connectivity index (χ0n) is 16.1. The fourth-order valence-electron chi connectivity index (χ4n) is 3.26. The monoisotopic (exact) mass is 396 g/mol. The number of aryl methyl sites for hydroxylation is 1. The van der Waals surface area contributed by atoms with E-state index < -0.39 is 0 Å². The summed E-state index contributed by atoms with van der Waals surface area (Å²) in [4.78, 5) is 21.4. The van der Waals surface area contributed by atoms with Gasteiger partial charge in [0.05, 0.1) is 11.3 Å². The highest BCUT2D eigenvalue weighted by Gasteiger charge is 2.23. The number of thiazole rings is 1. The zero-order valence-corrected chi connectivity index (χ0v) is 17.0. The van der Waals surface area contributed by atoms with Crippen molar-refractivity contribution in [2.45, 2.75) is 13.8 Å². The average molecular weight is 397 g/mol. The fourth-order valence-corrected chi connectivity index (χ4v) is 4.29. The van der Waals surface area contributed by atoms with E-state index in [1.807, 2.05) is 55.1 Å². The maximum atomic E-state index is 12.5. The number of carbonyl (C=O) groups is 1. The van der Waals surface area contributed by atoms with Crippen molar-refractivity contribution in [3.8, 4) is 5.75 Å². The number of benzene rings is 2. The SMILES string of the molecule is CCOc1cccc2sc(N3CCN(C(=O)Nc4ccc(C)cc4)CC3)nc12. The molecule has 0 aliphatic carbocycles. The van der Waals surface area contributed by atoms with Crippen molar-refractivity contribution in [3.05, 3.63) is 48.0 Å². The number of hydrogen-bond acceptors (Lipinski definition) is 5. The Morgan fingerprint density at radius 3 is 2.61 bits per heavy atom. The summed E-state index contributed by atoms with van der Waals surface area (Å²) < 4.78 is 6.82. The van der Waals surface area contributed by atoms with Gasteiger partial charge in [0.15, 0.2) is 5.13 Å². The minimum absolute atomic E-state index is 0.0496. The number of nitrogens with one attached hydrogen (secondary N) is 1. The van der Waals surface area contributed by atoms with Crippen LogP contribution >= 0.6 is 11.3 Å². The molecule has 1 N–H and O–H groups in total. The number of hydrogen-bond donors (Lipinski definition) is 1. The number of aromatic nitrogens is 1. The number of piperazine rings is 1. The van der Waals surface area contributed by atoms with E-state index in [2.05, 4.69) is 16.3 Å². The van der Waals surface area contributed by atoms with Gasteiger partial charge in [-0.2, -0.15) is 0 Å². The Hall–Kier alpha value is -2.80. The third-order valence-corrected chi connectivity index (χ3v) is 5.89. The highest BCUT2D eigenvalue weighted by atomic mass is 32.1. The van der Waals surface area contributed by atoms with Crippen LogP contribution in [0.15, 0.2) is 42.5 Å². The van der Waals surface area contributed by atoms with Crippen molar-refractivity contribution >= 4 is 38.4 Å². The van der Waals surface area contributed by atoms with E-state index in [-0.39, 0.29) is 6.03 Å². The summed E-state index contributed by atoms with van der Waals surface area (Å²) in [5.41, 5.74) is 2.92. The number of fused-ring (bicyclic) bond motifs is 1. The number of nitrogens with zero attached hydrogens (tertiary/aromatic N) is 3. The van der Waals surface area contributed by atoms with E-state index in [1.54, 1.807) is 11.3 Å². The molecular weight excluding hydrogens is 372 g/mol. The predicted molar refractivity (Wildman–Crippen MR) is 115 cm³/mol. The van der Waals surface area contributed by atoms with Gasteiger partial charge in [0.1, 0.15) is 11.3 Å². The number of urea groups is 1. The smallest absolute Gasteiger partial charge is 0.321 e. The molecule has 1 aliphatic rings. The van der Waals surface area contributed by atoms with Crippen LogP contribution in [0.4, 0.5) is 15.6 Å². The highest BCUT2D eigenvalue weighted by molar-refractivity contribution is 7.22. The van der Waals surface area contributed by atoms with Crippen molar-refractivity contribution < 1.29 is 9.53 Å². The summed E-state index contributed by atoms with van der Waals surface area (Å²) in [6.07, 6.45) is 0.